The summed E-state index contributed by atoms with van der Waals surface area (Å²) in [5.41, 5.74) is 1.53. The Hall–Kier alpha value is -2.80. The third-order valence-electron chi connectivity index (χ3n) is 4.77. The fourth-order valence-corrected chi connectivity index (χ4v) is 3.46. The van der Waals surface area contributed by atoms with Crippen LogP contribution in [0.4, 0.5) is 4.39 Å². The molecule has 0 bridgehead atoms. The lowest BCUT2D eigenvalue weighted by atomic mass is 10.0. The molecule has 1 fully saturated rings. The van der Waals surface area contributed by atoms with Gasteiger partial charge in [-0.3, -0.25) is 9.69 Å². The quantitative estimate of drug-likeness (QED) is 0.765. The third-order valence-corrected chi connectivity index (χ3v) is 4.77. The molecular weight excluding hydrogens is 333 g/mol. The summed E-state index contributed by atoms with van der Waals surface area (Å²) in [5.74, 6) is -0.522. The largest absolute Gasteiger partial charge is 0.349 e. The highest BCUT2D eigenvalue weighted by molar-refractivity contribution is 5.93. The number of carbonyl (C=O) groups is 1. The Morgan fingerprint density at radius 1 is 1.23 bits per heavy atom. The molecule has 0 spiro atoms. The average molecular weight is 353 g/mol. The zero-order valence-corrected chi connectivity index (χ0v) is 14.3. The van der Waals surface area contributed by atoms with Crippen LogP contribution < -0.4 is 5.32 Å². The van der Waals surface area contributed by atoms with Gasteiger partial charge in [-0.25, -0.2) is 13.9 Å². The number of fused-ring (bicyclic) bond motifs is 1. The fourth-order valence-electron chi connectivity index (χ4n) is 3.46. The van der Waals surface area contributed by atoms with Crippen molar-refractivity contribution in [3.05, 3.63) is 65.9 Å². The van der Waals surface area contributed by atoms with E-state index in [4.69, 9.17) is 0 Å². The Morgan fingerprint density at radius 2 is 2.04 bits per heavy atom. The number of likely N-dealkylation sites (tertiary alicyclic amines) is 1. The first kappa shape index (κ1) is 16.7. The predicted octanol–water partition coefficient (Wildman–Crippen LogP) is 2.44. The van der Waals surface area contributed by atoms with Crippen LogP contribution in [0.1, 0.15) is 34.9 Å². The molecule has 0 aliphatic carbocycles. The van der Waals surface area contributed by atoms with Crippen LogP contribution in [-0.2, 0) is 0 Å². The number of hydrogen-bond donors (Lipinski definition) is 1. The van der Waals surface area contributed by atoms with E-state index < -0.39 is 0 Å². The molecule has 26 heavy (non-hydrogen) atoms. The van der Waals surface area contributed by atoms with E-state index in [-0.39, 0.29) is 17.8 Å². The van der Waals surface area contributed by atoms with Crippen molar-refractivity contribution in [2.45, 2.75) is 18.9 Å². The van der Waals surface area contributed by atoms with Gasteiger partial charge in [0.2, 0.25) is 0 Å². The van der Waals surface area contributed by atoms with E-state index >= 15 is 0 Å². The first-order chi connectivity index (χ1) is 12.7. The van der Waals surface area contributed by atoms with Crippen LogP contribution in [0.3, 0.4) is 0 Å². The molecule has 6 nitrogen and oxygen atoms in total. The molecule has 7 heteroatoms. The number of aromatic nitrogens is 3. The van der Waals surface area contributed by atoms with Crippen LogP contribution in [0.2, 0.25) is 0 Å². The minimum Gasteiger partial charge on any atom is -0.349 e. The number of amides is 1. The summed E-state index contributed by atoms with van der Waals surface area (Å²) in [6, 6.07) is 9.98. The minimum atomic E-state index is -0.281. The van der Waals surface area contributed by atoms with Crippen molar-refractivity contribution >= 4 is 11.6 Å². The summed E-state index contributed by atoms with van der Waals surface area (Å²) in [5, 5.41) is 7.14. The Bertz CT molecular complexity index is 886. The Kier molecular flexibility index (Phi) is 4.62. The maximum atomic E-state index is 14.3. The molecular formula is C19H20FN5O. The first-order valence-corrected chi connectivity index (χ1v) is 8.79. The SMILES string of the molecule is O=C(NC[C@@H](c1ccccc1F)N1CCCC1)c1cc2ncccn2n1. The number of nitrogens with one attached hydrogen (secondary N) is 1. The molecule has 1 aliphatic rings. The highest BCUT2D eigenvalue weighted by Gasteiger charge is 2.26. The third kappa shape index (κ3) is 3.30. The van der Waals surface area contributed by atoms with Crippen molar-refractivity contribution in [1.82, 2.24) is 24.8 Å². The van der Waals surface area contributed by atoms with Gasteiger partial charge in [0.05, 0.1) is 6.04 Å². The lowest BCUT2D eigenvalue weighted by Gasteiger charge is -2.28. The number of benzene rings is 1. The smallest absolute Gasteiger partial charge is 0.271 e. The van der Waals surface area contributed by atoms with Gasteiger partial charge < -0.3 is 5.32 Å². The molecule has 0 unspecified atom stereocenters. The summed E-state index contributed by atoms with van der Waals surface area (Å²) >= 11 is 0. The molecule has 1 atom stereocenters. The molecule has 134 valence electrons. The highest BCUT2D eigenvalue weighted by Crippen LogP contribution is 2.26. The van der Waals surface area contributed by atoms with Crippen LogP contribution in [-0.4, -0.2) is 45.0 Å². The molecule has 1 amide bonds. The number of halogens is 1. The summed E-state index contributed by atoms with van der Waals surface area (Å²) in [6.07, 6.45) is 5.58. The highest BCUT2D eigenvalue weighted by atomic mass is 19.1. The molecule has 4 rings (SSSR count). The molecule has 1 aromatic carbocycles. The van der Waals surface area contributed by atoms with Crippen molar-refractivity contribution in [3.63, 3.8) is 0 Å². The van der Waals surface area contributed by atoms with Gasteiger partial charge in [-0.15, -0.1) is 0 Å². The van der Waals surface area contributed by atoms with Gasteiger partial charge in [0.25, 0.3) is 5.91 Å². The number of hydrogen-bond acceptors (Lipinski definition) is 4. The van der Waals surface area contributed by atoms with Crippen molar-refractivity contribution in [2.24, 2.45) is 0 Å². The van der Waals surface area contributed by atoms with E-state index in [1.165, 1.54) is 6.07 Å². The zero-order chi connectivity index (χ0) is 17.9. The van der Waals surface area contributed by atoms with E-state index in [9.17, 15) is 9.18 Å². The topological polar surface area (TPSA) is 62.5 Å². The van der Waals surface area contributed by atoms with Crippen LogP contribution in [0, 0.1) is 5.82 Å². The molecule has 1 N–H and O–H groups in total. The fraction of sp³-hybridized carbons (Fsp3) is 0.316. The summed E-state index contributed by atoms with van der Waals surface area (Å²) < 4.78 is 15.9. The molecule has 3 heterocycles. The maximum absolute atomic E-state index is 14.3. The van der Waals surface area contributed by atoms with Gasteiger partial charge in [-0.05, 0) is 38.1 Å². The monoisotopic (exact) mass is 353 g/mol. The first-order valence-electron chi connectivity index (χ1n) is 8.79. The van der Waals surface area contributed by atoms with Crippen molar-refractivity contribution in [3.8, 4) is 0 Å². The molecule has 1 saturated heterocycles. The van der Waals surface area contributed by atoms with Crippen molar-refractivity contribution < 1.29 is 9.18 Å². The molecule has 3 aromatic rings. The lowest BCUT2D eigenvalue weighted by molar-refractivity contribution is 0.0932. The molecule has 1 aliphatic heterocycles. The van der Waals surface area contributed by atoms with Crippen molar-refractivity contribution in [2.75, 3.05) is 19.6 Å². The van der Waals surface area contributed by atoms with Crippen LogP contribution in [0.25, 0.3) is 5.65 Å². The van der Waals surface area contributed by atoms with E-state index in [0.29, 0.717) is 23.4 Å². The predicted molar refractivity (Wildman–Crippen MR) is 95.3 cm³/mol. The van der Waals surface area contributed by atoms with E-state index in [0.717, 1.165) is 25.9 Å². The summed E-state index contributed by atoms with van der Waals surface area (Å²) in [7, 11) is 0. The second-order valence-electron chi connectivity index (χ2n) is 6.44. The van der Waals surface area contributed by atoms with Crippen molar-refractivity contribution in [1.29, 1.82) is 0 Å². The lowest BCUT2D eigenvalue weighted by Crippen LogP contribution is -2.37. The zero-order valence-electron chi connectivity index (χ0n) is 14.3. The van der Waals surface area contributed by atoms with Crippen LogP contribution >= 0.6 is 0 Å². The Labute approximate surface area is 150 Å². The van der Waals surface area contributed by atoms with E-state index in [1.807, 2.05) is 6.07 Å². The number of carbonyl (C=O) groups excluding carboxylic acids is 1. The Balaban J connectivity index is 1.52. The minimum absolute atomic E-state index is 0.183. The average Bonchev–Trinajstić information content (AvgIpc) is 3.32. The molecule has 0 radical (unpaired) electrons. The molecule has 2 aromatic heterocycles. The molecule has 0 saturated carbocycles. The summed E-state index contributed by atoms with van der Waals surface area (Å²) in [6.45, 7) is 2.15. The van der Waals surface area contributed by atoms with Gasteiger partial charge in [0.15, 0.2) is 11.3 Å². The summed E-state index contributed by atoms with van der Waals surface area (Å²) in [4.78, 5) is 18.9. The Morgan fingerprint density at radius 3 is 2.81 bits per heavy atom. The maximum Gasteiger partial charge on any atom is 0.271 e. The number of nitrogens with zero attached hydrogens (tertiary/aromatic N) is 4. The van der Waals surface area contributed by atoms with E-state index in [1.54, 1.807) is 41.2 Å². The van der Waals surface area contributed by atoms with Gasteiger partial charge >= 0.3 is 0 Å². The van der Waals surface area contributed by atoms with Gasteiger partial charge in [0.1, 0.15) is 5.82 Å². The van der Waals surface area contributed by atoms with E-state index in [2.05, 4.69) is 20.3 Å². The van der Waals surface area contributed by atoms with Gasteiger partial charge in [-0.1, -0.05) is 18.2 Å². The second-order valence-corrected chi connectivity index (χ2v) is 6.44. The van der Waals surface area contributed by atoms with Gasteiger partial charge in [-0.2, -0.15) is 5.10 Å². The standard InChI is InChI=1S/C19H20FN5O/c20-15-7-2-1-6-14(15)17(24-9-3-4-10-24)13-22-19(26)16-12-18-21-8-5-11-25(18)23-16/h1-2,5-8,11-12,17H,3-4,9-10,13H2,(H,22,26)/t17-/m0/s1. The van der Waals surface area contributed by atoms with Crippen LogP contribution in [0.5, 0.6) is 0 Å². The number of rotatable bonds is 5. The van der Waals surface area contributed by atoms with Gasteiger partial charge in [0, 0.05) is 30.6 Å². The second kappa shape index (κ2) is 7.21. The van der Waals surface area contributed by atoms with Crippen LogP contribution in [0.15, 0.2) is 48.8 Å². The normalized spacial score (nSPS) is 16.0.